The Morgan fingerprint density at radius 2 is 1.50 bits per heavy atom. The van der Waals surface area contributed by atoms with Crippen molar-refractivity contribution < 1.29 is 31.1 Å². The van der Waals surface area contributed by atoms with Crippen LogP contribution in [-0.4, -0.2) is 36.3 Å². The van der Waals surface area contributed by atoms with Gasteiger partial charge in [0, 0.05) is 29.7 Å². The lowest BCUT2D eigenvalue weighted by atomic mass is 9.83. The standard InChI is InChI=1S/C36H34F2N2O5S/c1-36(2,3)29-12-8-25(9-13-29)32(18-23-4-6-26(7-5-23)35(41)39-16-17-46(42,43)44)33-22-34(45-40-33)28-19-27(20-31(38)21-28)24-10-14-30(37)15-11-24/h4-15,19-22,32H,16-18H2,1-3H3,(H,39,41)(H,42,43,44). The van der Waals surface area contributed by atoms with Crippen LogP contribution in [0.25, 0.3) is 22.5 Å². The van der Waals surface area contributed by atoms with E-state index in [4.69, 9.17) is 9.08 Å². The summed E-state index contributed by atoms with van der Waals surface area (Å²) in [5, 5.41) is 6.88. The van der Waals surface area contributed by atoms with Crippen molar-refractivity contribution in [2.24, 2.45) is 0 Å². The first-order valence-electron chi connectivity index (χ1n) is 14.7. The smallest absolute Gasteiger partial charge is 0.266 e. The van der Waals surface area contributed by atoms with Crippen molar-refractivity contribution in [3.8, 4) is 22.5 Å². The number of nitrogens with one attached hydrogen (secondary N) is 1. The van der Waals surface area contributed by atoms with Gasteiger partial charge < -0.3 is 9.84 Å². The SMILES string of the molecule is CC(C)(C)c1ccc(C(Cc2ccc(C(=O)NCCS(=O)(=O)O)cc2)c2cc(-c3cc(F)cc(-c4ccc(F)cc4)c3)on2)cc1. The third-order valence-corrected chi connectivity index (χ3v) is 8.45. The molecule has 7 nitrogen and oxygen atoms in total. The molecule has 1 amide bonds. The van der Waals surface area contributed by atoms with Crippen LogP contribution in [0.1, 0.15) is 59.4 Å². The Hall–Kier alpha value is -4.67. The Morgan fingerprint density at radius 1 is 0.848 bits per heavy atom. The van der Waals surface area contributed by atoms with E-state index in [2.05, 4.69) is 55.5 Å². The summed E-state index contributed by atoms with van der Waals surface area (Å²) in [5.41, 5.74) is 5.75. The highest BCUT2D eigenvalue weighted by molar-refractivity contribution is 7.85. The summed E-state index contributed by atoms with van der Waals surface area (Å²) in [6.45, 7) is 6.21. The van der Waals surface area contributed by atoms with Crippen molar-refractivity contribution in [3.05, 3.63) is 137 Å². The topological polar surface area (TPSA) is 110 Å². The second-order valence-electron chi connectivity index (χ2n) is 12.2. The Balaban J connectivity index is 1.43. The van der Waals surface area contributed by atoms with E-state index in [1.165, 1.54) is 29.8 Å². The maximum absolute atomic E-state index is 14.7. The van der Waals surface area contributed by atoms with Crippen LogP contribution in [0.15, 0.2) is 102 Å². The summed E-state index contributed by atoms with van der Waals surface area (Å²) in [6, 6.07) is 27.4. The first kappa shape index (κ1) is 32.7. The number of halogens is 2. The highest BCUT2D eigenvalue weighted by Crippen LogP contribution is 2.34. The molecule has 5 rings (SSSR count). The highest BCUT2D eigenvalue weighted by atomic mass is 32.2. The quantitative estimate of drug-likeness (QED) is 0.152. The normalized spacial score (nSPS) is 12.6. The second kappa shape index (κ2) is 13.4. The molecular weight excluding hydrogens is 610 g/mol. The molecule has 1 atom stereocenters. The lowest BCUT2D eigenvalue weighted by Crippen LogP contribution is -2.28. The molecule has 0 fully saturated rings. The number of amides is 1. The minimum Gasteiger partial charge on any atom is -0.356 e. The molecule has 0 spiro atoms. The van der Waals surface area contributed by atoms with Gasteiger partial charge in [0.25, 0.3) is 16.0 Å². The fourth-order valence-electron chi connectivity index (χ4n) is 5.16. The molecular formula is C36H34F2N2O5S. The number of aromatic nitrogens is 1. The number of carbonyl (C=O) groups is 1. The van der Waals surface area contributed by atoms with Crippen LogP contribution in [0.4, 0.5) is 8.78 Å². The summed E-state index contributed by atoms with van der Waals surface area (Å²) in [6.07, 6.45) is 0.509. The van der Waals surface area contributed by atoms with Crippen LogP contribution in [0.3, 0.4) is 0 Å². The summed E-state index contributed by atoms with van der Waals surface area (Å²) >= 11 is 0. The molecule has 0 aliphatic heterocycles. The predicted octanol–water partition coefficient (Wildman–Crippen LogP) is 7.58. The first-order valence-corrected chi connectivity index (χ1v) is 16.3. The summed E-state index contributed by atoms with van der Waals surface area (Å²) < 4.78 is 64.7. The van der Waals surface area contributed by atoms with Crippen molar-refractivity contribution in [3.63, 3.8) is 0 Å². The van der Waals surface area contributed by atoms with E-state index < -0.39 is 27.6 Å². The van der Waals surface area contributed by atoms with Gasteiger partial charge in [-0.05, 0) is 82.1 Å². The average molecular weight is 645 g/mol. The largest absolute Gasteiger partial charge is 0.356 e. The number of hydrogen-bond donors (Lipinski definition) is 2. The molecule has 5 aromatic rings. The second-order valence-corrected chi connectivity index (χ2v) is 13.8. The van der Waals surface area contributed by atoms with E-state index in [0.29, 0.717) is 40.1 Å². The summed E-state index contributed by atoms with van der Waals surface area (Å²) in [7, 11) is -4.18. The molecule has 1 aromatic heterocycles. The van der Waals surface area contributed by atoms with Crippen molar-refractivity contribution in [1.29, 1.82) is 0 Å². The monoisotopic (exact) mass is 644 g/mol. The van der Waals surface area contributed by atoms with E-state index >= 15 is 0 Å². The van der Waals surface area contributed by atoms with E-state index in [9.17, 15) is 22.0 Å². The van der Waals surface area contributed by atoms with Crippen LogP contribution in [0.5, 0.6) is 0 Å². The van der Waals surface area contributed by atoms with Crippen LogP contribution < -0.4 is 5.32 Å². The van der Waals surface area contributed by atoms with Crippen LogP contribution >= 0.6 is 0 Å². The fourth-order valence-corrected chi connectivity index (χ4v) is 5.52. The zero-order chi connectivity index (χ0) is 33.1. The van der Waals surface area contributed by atoms with Crippen LogP contribution in [0, 0.1) is 11.6 Å². The predicted molar refractivity (Wildman–Crippen MR) is 173 cm³/mol. The van der Waals surface area contributed by atoms with Crippen molar-refractivity contribution in [2.75, 3.05) is 12.3 Å². The molecule has 0 saturated heterocycles. The lowest BCUT2D eigenvalue weighted by Gasteiger charge is -2.21. The van der Waals surface area contributed by atoms with Gasteiger partial charge in [-0.25, -0.2) is 8.78 Å². The van der Waals surface area contributed by atoms with E-state index in [1.54, 1.807) is 36.4 Å². The molecule has 0 aliphatic rings. The third kappa shape index (κ3) is 8.32. The molecule has 238 valence electrons. The zero-order valence-corrected chi connectivity index (χ0v) is 26.4. The van der Waals surface area contributed by atoms with Crippen molar-refractivity contribution >= 4 is 16.0 Å². The van der Waals surface area contributed by atoms with Gasteiger partial charge in [-0.1, -0.05) is 74.5 Å². The summed E-state index contributed by atoms with van der Waals surface area (Å²) in [5.74, 6) is -1.74. The van der Waals surface area contributed by atoms with E-state index in [-0.39, 0.29) is 23.7 Å². The average Bonchev–Trinajstić information content (AvgIpc) is 3.49. The minimum absolute atomic E-state index is 0.0353. The molecule has 0 radical (unpaired) electrons. The van der Waals surface area contributed by atoms with Gasteiger partial charge >= 0.3 is 0 Å². The molecule has 2 N–H and O–H groups in total. The minimum atomic E-state index is -4.18. The molecule has 0 bridgehead atoms. The van der Waals surface area contributed by atoms with Crippen LogP contribution in [-0.2, 0) is 22.0 Å². The van der Waals surface area contributed by atoms with E-state index in [1.807, 2.05) is 12.1 Å². The maximum Gasteiger partial charge on any atom is 0.266 e. The number of rotatable bonds is 10. The van der Waals surface area contributed by atoms with E-state index in [0.717, 1.165) is 11.1 Å². The molecule has 46 heavy (non-hydrogen) atoms. The first-order chi connectivity index (χ1) is 21.7. The van der Waals surface area contributed by atoms with Gasteiger partial charge in [0.1, 0.15) is 11.6 Å². The number of carbonyl (C=O) groups excluding carboxylic acids is 1. The Kier molecular flexibility index (Phi) is 9.50. The molecule has 1 heterocycles. The van der Waals surface area contributed by atoms with Crippen molar-refractivity contribution in [1.82, 2.24) is 10.5 Å². The Bertz CT molecular complexity index is 1930. The summed E-state index contributed by atoms with van der Waals surface area (Å²) in [4.78, 5) is 12.5. The van der Waals surface area contributed by atoms with Gasteiger partial charge in [0.15, 0.2) is 5.76 Å². The number of hydrogen-bond acceptors (Lipinski definition) is 5. The highest BCUT2D eigenvalue weighted by Gasteiger charge is 2.22. The molecule has 0 aliphatic carbocycles. The van der Waals surface area contributed by atoms with Gasteiger partial charge in [-0.15, -0.1) is 0 Å². The molecule has 1 unspecified atom stereocenters. The Labute approximate surface area is 267 Å². The molecule has 4 aromatic carbocycles. The molecule has 10 heteroatoms. The molecule has 0 saturated carbocycles. The van der Waals surface area contributed by atoms with Crippen LogP contribution in [0.2, 0.25) is 0 Å². The van der Waals surface area contributed by atoms with Gasteiger partial charge in [-0.2, -0.15) is 8.42 Å². The van der Waals surface area contributed by atoms with Gasteiger partial charge in [-0.3, -0.25) is 9.35 Å². The lowest BCUT2D eigenvalue weighted by molar-refractivity contribution is 0.0956. The van der Waals surface area contributed by atoms with Crippen molar-refractivity contribution in [2.45, 2.75) is 38.5 Å². The fraction of sp³-hybridized carbons (Fsp3) is 0.222. The number of nitrogens with zero attached hydrogens (tertiary/aromatic N) is 1. The Morgan fingerprint density at radius 3 is 2.13 bits per heavy atom. The zero-order valence-electron chi connectivity index (χ0n) is 25.6. The maximum atomic E-state index is 14.7. The number of benzene rings is 4. The van der Waals surface area contributed by atoms with Gasteiger partial charge in [0.2, 0.25) is 0 Å². The van der Waals surface area contributed by atoms with Gasteiger partial charge in [0.05, 0.1) is 11.4 Å². The third-order valence-electron chi connectivity index (χ3n) is 7.73.